The van der Waals surface area contributed by atoms with Crippen LogP contribution in [0.25, 0.3) is 0 Å². The highest BCUT2D eigenvalue weighted by molar-refractivity contribution is 7.47. The van der Waals surface area contributed by atoms with Gasteiger partial charge in [0, 0.05) is 6.42 Å². The Hall–Kier alpha value is -2.06. The number of phosphoric ester groups is 1. The Morgan fingerprint density at radius 2 is 1.00 bits per heavy atom. The first-order chi connectivity index (χ1) is 29.0. The lowest BCUT2D eigenvalue weighted by Gasteiger charge is -2.26. The Morgan fingerprint density at radius 1 is 0.583 bits per heavy atom. The van der Waals surface area contributed by atoms with E-state index < -0.39 is 20.0 Å². The lowest BCUT2D eigenvalue weighted by atomic mass is 10.0. The van der Waals surface area contributed by atoms with E-state index in [1.54, 1.807) is 0 Å². The van der Waals surface area contributed by atoms with Crippen molar-refractivity contribution in [2.75, 3.05) is 40.9 Å². The molecule has 348 valence electrons. The number of aliphatic hydroxyl groups excluding tert-OH is 1. The fraction of sp³-hybridized carbons (Fsp3) is 0.745. The Kier molecular flexibility index (Phi) is 40.8. The normalized spacial score (nSPS) is 14.8. The number of rotatable bonds is 43. The number of unbranched alkanes of at least 4 members (excludes halogenated alkanes) is 18. The van der Waals surface area contributed by atoms with Crippen molar-refractivity contribution < 1.29 is 32.9 Å². The molecule has 0 aliphatic rings. The lowest BCUT2D eigenvalue weighted by molar-refractivity contribution is -0.870. The molecule has 0 aromatic rings. The lowest BCUT2D eigenvalue weighted by Crippen LogP contribution is -2.46. The maximum absolute atomic E-state index is 12.9. The number of hydrogen-bond acceptors (Lipinski definition) is 5. The molecule has 0 aromatic heterocycles. The van der Waals surface area contributed by atoms with Crippen LogP contribution < -0.4 is 5.32 Å². The molecule has 0 saturated carbocycles. The van der Waals surface area contributed by atoms with Gasteiger partial charge in [0.05, 0.1) is 39.9 Å². The molecule has 0 bridgehead atoms. The molecule has 3 N–H and O–H groups in total. The third-order valence-corrected chi connectivity index (χ3v) is 11.5. The molecule has 0 aliphatic heterocycles. The second-order valence-electron chi connectivity index (χ2n) is 17.5. The number of nitrogens with zero attached hydrogens (tertiary/aromatic N) is 1. The Balaban J connectivity index is 4.12. The average Bonchev–Trinajstić information content (AvgIpc) is 3.20. The molecular weight excluding hydrogens is 768 g/mol. The van der Waals surface area contributed by atoms with Gasteiger partial charge in [-0.1, -0.05) is 196 Å². The summed E-state index contributed by atoms with van der Waals surface area (Å²) in [6.07, 6.45) is 56.6. The van der Waals surface area contributed by atoms with E-state index in [0.717, 1.165) is 83.5 Å². The zero-order valence-electron chi connectivity index (χ0n) is 39.4. The number of amides is 1. The number of carbonyl (C=O) groups is 1. The number of hydrogen-bond donors (Lipinski definition) is 3. The van der Waals surface area contributed by atoms with E-state index in [-0.39, 0.29) is 19.1 Å². The molecular formula is C51H94N2O6P+. The van der Waals surface area contributed by atoms with Gasteiger partial charge in [0.25, 0.3) is 0 Å². The van der Waals surface area contributed by atoms with Crippen LogP contribution in [0.3, 0.4) is 0 Å². The molecule has 0 fully saturated rings. The molecule has 9 heteroatoms. The number of likely N-dealkylation sites (N-methyl/N-ethyl adjacent to an activating group) is 1. The largest absolute Gasteiger partial charge is 0.472 e. The van der Waals surface area contributed by atoms with Crippen molar-refractivity contribution >= 4 is 13.7 Å². The Labute approximate surface area is 370 Å². The van der Waals surface area contributed by atoms with Crippen LogP contribution in [0.5, 0.6) is 0 Å². The van der Waals surface area contributed by atoms with Crippen LogP contribution in [-0.2, 0) is 18.4 Å². The van der Waals surface area contributed by atoms with Gasteiger partial charge >= 0.3 is 7.82 Å². The van der Waals surface area contributed by atoms with Crippen LogP contribution in [0.2, 0.25) is 0 Å². The van der Waals surface area contributed by atoms with Crippen molar-refractivity contribution in [2.45, 2.75) is 206 Å². The monoisotopic (exact) mass is 862 g/mol. The molecule has 60 heavy (non-hydrogen) atoms. The average molecular weight is 862 g/mol. The number of phosphoric acid groups is 1. The fourth-order valence-corrected chi connectivity index (χ4v) is 7.37. The van der Waals surface area contributed by atoms with Gasteiger partial charge in [-0.15, -0.1) is 0 Å². The molecule has 0 radical (unpaired) electrons. The maximum Gasteiger partial charge on any atom is 0.472 e. The minimum atomic E-state index is -4.31. The third kappa shape index (κ3) is 44.0. The predicted molar refractivity (Wildman–Crippen MR) is 258 cm³/mol. The summed E-state index contributed by atoms with van der Waals surface area (Å²) in [7, 11) is 1.60. The summed E-state index contributed by atoms with van der Waals surface area (Å²) in [4.78, 5) is 23.1. The topological polar surface area (TPSA) is 105 Å². The van der Waals surface area contributed by atoms with Crippen LogP contribution >= 0.6 is 7.82 Å². The van der Waals surface area contributed by atoms with Gasteiger partial charge in [-0.3, -0.25) is 13.8 Å². The molecule has 0 spiro atoms. The Bertz CT molecular complexity index is 1200. The van der Waals surface area contributed by atoms with Crippen molar-refractivity contribution in [1.29, 1.82) is 0 Å². The number of aliphatic hydroxyl groups is 1. The first-order valence-electron chi connectivity index (χ1n) is 24.3. The summed E-state index contributed by atoms with van der Waals surface area (Å²) in [6.45, 7) is 4.73. The predicted octanol–water partition coefficient (Wildman–Crippen LogP) is 14.0. The summed E-state index contributed by atoms with van der Waals surface area (Å²) in [5.74, 6) is -0.155. The van der Waals surface area contributed by atoms with Crippen LogP contribution in [-0.4, -0.2) is 73.4 Å². The minimum absolute atomic E-state index is 0.0705. The number of allylic oxidation sites excluding steroid dienone is 12. The first-order valence-corrected chi connectivity index (χ1v) is 25.8. The number of quaternary nitrogens is 1. The van der Waals surface area contributed by atoms with Crippen molar-refractivity contribution in [3.05, 3.63) is 72.9 Å². The molecule has 3 atom stereocenters. The third-order valence-electron chi connectivity index (χ3n) is 10.5. The van der Waals surface area contributed by atoms with E-state index >= 15 is 0 Å². The highest BCUT2D eigenvalue weighted by Gasteiger charge is 2.28. The van der Waals surface area contributed by atoms with Crippen molar-refractivity contribution in [2.24, 2.45) is 0 Å². The summed E-state index contributed by atoms with van der Waals surface area (Å²) in [5.41, 5.74) is 0. The van der Waals surface area contributed by atoms with Crippen LogP contribution in [0.1, 0.15) is 194 Å². The SMILES string of the molecule is CC/C=C\C/C=C\C/C=C\C/C=C\C/C=C\C/C=C\CCCCCCCCCCCCC(=O)NC(COP(=O)(O)OCC[N+](C)(C)C)C(O)CCCCCCCCCCC. The summed E-state index contributed by atoms with van der Waals surface area (Å²) < 4.78 is 23.6. The quantitative estimate of drug-likeness (QED) is 0.0244. The van der Waals surface area contributed by atoms with E-state index in [4.69, 9.17) is 9.05 Å². The van der Waals surface area contributed by atoms with Crippen LogP contribution in [0.15, 0.2) is 72.9 Å². The summed E-state index contributed by atoms with van der Waals surface area (Å²) in [6, 6.07) is -0.764. The van der Waals surface area contributed by atoms with E-state index in [2.05, 4.69) is 92.1 Å². The van der Waals surface area contributed by atoms with Gasteiger partial charge in [-0.25, -0.2) is 4.57 Å². The van der Waals surface area contributed by atoms with Gasteiger partial charge in [0.15, 0.2) is 0 Å². The molecule has 0 heterocycles. The van der Waals surface area contributed by atoms with E-state index in [9.17, 15) is 19.4 Å². The molecule has 1 amide bonds. The first kappa shape index (κ1) is 57.9. The van der Waals surface area contributed by atoms with Crippen molar-refractivity contribution in [1.82, 2.24) is 5.32 Å². The molecule has 0 rings (SSSR count). The van der Waals surface area contributed by atoms with E-state index in [1.807, 2.05) is 21.1 Å². The van der Waals surface area contributed by atoms with E-state index in [0.29, 0.717) is 23.9 Å². The maximum atomic E-state index is 12.9. The van der Waals surface area contributed by atoms with Gasteiger partial charge in [0.1, 0.15) is 13.2 Å². The number of carbonyl (C=O) groups excluding carboxylic acids is 1. The zero-order valence-corrected chi connectivity index (χ0v) is 40.3. The molecule has 8 nitrogen and oxygen atoms in total. The smallest absolute Gasteiger partial charge is 0.391 e. The van der Waals surface area contributed by atoms with Gasteiger partial charge in [-0.05, 0) is 64.2 Å². The summed E-state index contributed by atoms with van der Waals surface area (Å²) in [5, 5.41) is 13.9. The molecule has 0 saturated heterocycles. The van der Waals surface area contributed by atoms with Gasteiger partial charge in [0.2, 0.25) is 5.91 Å². The molecule has 3 unspecified atom stereocenters. The molecule has 0 aliphatic carbocycles. The zero-order chi connectivity index (χ0) is 44.3. The second kappa shape index (κ2) is 42.3. The fourth-order valence-electron chi connectivity index (χ4n) is 6.64. The van der Waals surface area contributed by atoms with Gasteiger partial charge in [-0.2, -0.15) is 0 Å². The standard InChI is InChI=1S/C51H93N2O6P/c1-6-8-10-12-14-16-17-18-19-20-21-22-23-24-25-26-27-28-29-30-31-32-33-34-35-37-39-41-43-45-51(55)52-49(48-59-60(56,57)58-47-46-53(3,4)5)50(54)44-42-40-38-36-15-13-11-9-7-2/h8,10,14,16,18-19,21-22,24-25,27-28,49-50,54H,6-7,9,11-13,15,17,20,23,26,29-48H2,1-5H3,(H-,52,55,56,57)/p+1/b10-8-,16-14-,19-18-,22-21-,25-24-,28-27-. The molecule has 0 aromatic carbocycles. The minimum Gasteiger partial charge on any atom is -0.391 e. The van der Waals surface area contributed by atoms with Crippen LogP contribution in [0.4, 0.5) is 0 Å². The van der Waals surface area contributed by atoms with Crippen molar-refractivity contribution in [3.8, 4) is 0 Å². The van der Waals surface area contributed by atoms with Gasteiger partial charge < -0.3 is 19.8 Å². The number of nitrogens with one attached hydrogen (secondary N) is 1. The van der Waals surface area contributed by atoms with E-state index in [1.165, 1.54) is 83.5 Å². The second-order valence-corrected chi connectivity index (χ2v) is 18.9. The van der Waals surface area contributed by atoms with Crippen molar-refractivity contribution in [3.63, 3.8) is 0 Å². The highest BCUT2D eigenvalue weighted by Crippen LogP contribution is 2.43. The highest BCUT2D eigenvalue weighted by atomic mass is 31.2. The summed E-state index contributed by atoms with van der Waals surface area (Å²) >= 11 is 0. The Morgan fingerprint density at radius 3 is 1.47 bits per heavy atom. The van der Waals surface area contributed by atoms with Crippen LogP contribution in [0, 0.1) is 0 Å².